The van der Waals surface area contributed by atoms with E-state index in [1.807, 2.05) is 12.1 Å². The van der Waals surface area contributed by atoms with Crippen LogP contribution in [0.2, 0.25) is 5.15 Å². The summed E-state index contributed by atoms with van der Waals surface area (Å²) >= 11 is 5.80. The first-order valence-electron chi connectivity index (χ1n) is 4.56. The van der Waals surface area contributed by atoms with Gasteiger partial charge in [-0.2, -0.15) is 5.26 Å². The highest BCUT2D eigenvalue weighted by molar-refractivity contribution is 6.30. The Bertz CT molecular complexity index is 633. The summed E-state index contributed by atoms with van der Waals surface area (Å²) in [6.07, 6.45) is 0. The van der Waals surface area contributed by atoms with E-state index >= 15 is 0 Å². The second-order valence-corrected chi connectivity index (χ2v) is 3.38. The maximum atomic E-state index is 9.01. The third-order valence-corrected chi connectivity index (χ3v) is 2.34. The van der Waals surface area contributed by atoms with Crippen LogP contribution in [-0.2, 0) is 0 Å². The monoisotopic (exact) mass is 244 g/mol. The number of nitrogens with zero attached hydrogens (tertiary/aromatic N) is 6. The number of azide groups is 1. The number of nitriles is 1. The van der Waals surface area contributed by atoms with Gasteiger partial charge < -0.3 is 0 Å². The average molecular weight is 245 g/mol. The molecule has 1 aromatic heterocycles. The molecular weight excluding hydrogens is 240 g/mol. The van der Waals surface area contributed by atoms with E-state index in [1.54, 1.807) is 24.3 Å². The fourth-order valence-electron chi connectivity index (χ4n) is 1.41. The van der Waals surface area contributed by atoms with E-state index in [0.29, 0.717) is 5.69 Å². The lowest BCUT2D eigenvalue weighted by molar-refractivity contribution is 1.02. The molecule has 0 aliphatic heterocycles. The largest absolute Gasteiger partial charge is 0.281 e. The van der Waals surface area contributed by atoms with Crippen LogP contribution in [0.25, 0.3) is 16.1 Å². The van der Waals surface area contributed by atoms with E-state index in [0.717, 1.165) is 0 Å². The van der Waals surface area contributed by atoms with Crippen LogP contribution in [0.4, 0.5) is 5.95 Å². The lowest BCUT2D eigenvalue weighted by Crippen LogP contribution is -1.96. The number of para-hydroxylation sites is 1. The molecule has 0 unspecified atom stereocenters. The normalized spacial score (nSPS) is 9.41. The van der Waals surface area contributed by atoms with Crippen LogP contribution in [0.15, 0.2) is 35.4 Å². The number of imidazole rings is 1. The molecule has 0 radical (unpaired) electrons. The Hall–Kier alpha value is -2.48. The Balaban J connectivity index is 2.75. The third-order valence-electron chi connectivity index (χ3n) is 2.07. The molecule has 0 saturated heterocycles. The molecule has 7 heteroatoms. The van der Waals surface area contributed by atoms with Gasteiger partial charge in [0.25, 0.3) is 0 Å². The Kier molecular flexibility index (Phi) is 2.97. The van der Waals surface area contributed by atoms with Crippen molar-refractivity contribution in [3.63, 3.8) is 0 Å². The van der Waals surface area contributed by atoms with Crippen LogP contribution in [0.1, 0.15) is 5.69 Å². The highest BCUT2D eigenvalue weighted by Crippen LogP contribution is 2.26. The molecule has 0 atom stereocenters. The first kappa shape index (κ1) is 11.0. The standard InChI is InChI=1S/C10H5ClN6/c11-9-8(6-12)17(10(14-9)15-16-13)7-4-2-1-3-5-7/h1-5H. The maximum absolute atomic E-state index is 9.01. The third kappa shape index (κ3) is 1.93. The number of aromatic nitrogens is 2. The van der Waals surface area contributed by atoms with E-state index in [9.17, 15) is 0 Å². The van der Waals surface area contributed by atoms with Crippen molar-refractivity contribution in [3.8, 4) is 11.8 Å². The van der Waals surface area contributed by atoms with Crippen LogP contribution in [0.5, 0.6) is 0 Å². The van der Waals surface area contributed by atoms with Crippen molar-refractivity contribution in [2.45, 2.75) is 0 Å². The summed E-state index contributed by atoms with van der Waals surface area (Å²) in [4.78, 5) is 6.49. The van der Waals surface area contributed by atoms with Crippen molar-refractivity contribution < 1.29 is 0 Å². The highest BCUT2D eigenvalue weighted by atomic mass is 35.5. The van der Waals surface area contributed by atoms with Gasteiger partial charge in [0.1, 0.15) is 6.07 Å². The van der Waals surface area contributed by atoms with Gasteiger partial charge in [-0.3, -0.25) is 4.57 Å². The highest BCUT2D eigenvalue weighted by Gasteiger charge is 2.15. The summed E-state index contributed by atoms with van der Waals surface area (Å²) in [5.74, 6) is 0.0419. The van der Waals surface area contributed by atoms with Crippen molar-refractivity contribution in [1.82, 2.24) is 9.55 Å². The summed E-state index contributed by atoms with van der Waals surface area (Å²) in [5.41, 5.74) is 9.24. The molecule has 2 aromatic rings. The number of hydrogen-bond donors (Lipinski definition) is 0. The molecule has 17 heavy (non-hydrogen) atoms. The molecule has 0 amide bonds. The minimum atomic E-state index is 0.0127. The van der Waals surface area contributed by atoms with E-state index < -0.39 is 0 Å². The van der Waals surface area contributed by atoms with Crippen LogP contribution in [-0.4, -0.2) is 9.55 Å². The SMILES string of the molecule is N#Cc1c(Cl)nc(N=[N+]=[N-])n1-c1ccccc1. The first-order valence-corrected chi connectivity index (χ1v) is 4.94. The summed E-state index contributed by atoms with van der Waals surface area (Å²) in [6, 6.07) is 10.9. The van der Waals surface area contributed by atoms with E-state index in [1.165, 1.54) is 4.57 Å². The van der Waals surface area contributed by atoms with Gasteiger partial charge >= 0.3 is 0 Å². The number of benzene rings is 1. The lowest BCUT2D eigenvalue weighted by atomic mass is 10.3. The van der Waals surface area contributed by atoms with E-state index in [4.69, 9.17) is 22.4 Å². The Morgan fingerprint density at radius 1 is 1.41 bits per heavy atom. The molecule has 0 bridgehead atoms. The molecule has 6 nitrogen and oxygen atoms in total. The summed E-state index contributed by atoms with van der Waals surface area (Å²) in [7, 11) is 0. The van der Waals surface area contributed by atoms with E-state index in [2.05, 4.69) is 15.0 Å². The molecule has 0 N–H and O–H groups in total. The fourth-order valence-corrected chi connectivity index (χ4v) is 1.61. The molecule has 0 saturated carbocycles. The molecule has 2 rings (SSSR count). The van der Waals surface area contributed by atoms with Gasteiger partial charge in [0, 0.05) is 10.6 Å². The van der Waals surface area contributed by atoms with E-state index in [-0.39, 0.29) is 16.8 Å². The van der Waals surface area contributed by atoms with Gasteiger partial charge in [0.15, 0.2) is 10.8 Å². The van der Waals surface area contributed by atoms with Crippen molar-refractivity contribution in [1.29, 1.82) is 5.26 Å². The summed E-state index contributed by atoms with van der Waals surface area (Å²) < 4.78 is 1.40. The molecule has 1 heterocycles. The average Bonchev–Trinajstić information content (AvgIpc) is 2.67. The quantitative estimate of drug-likeness (QED) is 0.460. The zero-order valence-corrected chi connectivity index (χ0v) is 9.20. The zero-order chi connectivity index (χ0) is 12.3. The maximum Gasteiger partial charge on any atom is 0.204 e. The van der Waals surface area contributed by atoms with Gasteiger partial charge in [0.2, 0.25) is 5.95 Å². The predicted molar refractivity (Wildman–Crippen MR) is 62.1 cm³/mol. The summed E-state index contributed by atoms with van der Waals surface area (Å²) in [5, 5.41) is 12.4. The smallest absolute Gasteiger partial charge is 0.204 e. The van der Waals surface area contributed by atoms with Crippen molar-refractivity contribution in [3.05, 3.63) is 51.6 Å². The molecule has 0 fully saturated rings. The molecule has 0 aliphatic carbocycles. The second kappa shape index (κ2) is 4.58. The van der Waals surface area contributed by atoms with Crippen LogP contribution < -0.4 is 0 Å². The lowest BCUT2D eigenvalue weighted by Gasteiger charge is -2.04. The Morgan fingerprint density at radius 2 is 2.12 bits per heavy atom. The van der Waals surface area contributed by atoms with Gasteiger partial charge in [-0.05, 0) is 22.8 Å². The first-order chi connectivity index (χ1) is 8.27. The molecule has 1 aromatic carbocycles. The van der Waals surface area contributed by atoms with Crippen molar-refractivity contribution in [2.75, 3.05) is 0 Å². The second-order valence-electron chi connectivity index (χ2n) is 3.02. The van der Waals surface area contributed by atoms with Crippen LogP contribution in [0, 0.1) is 11.3 Å². The Morgan fingerprint density at radius 3 is 2.71 bits per heavy atom. The van der Waals surface area contributed by atoms with Gasteiger partial charge in [0.05, 0.1) is 0 Å². The van der Waals surface area contributed by atoms with Crippen LogP contribution in [0.3, 0.4) is 0 Å². The van der Waals surface area contributed by atoms with Gasteiger partial charge in [-0.1, -0.05) is 29.8 Å². The zero-order valence-electron chi connectivity index (χ0n) is 8.45. The summed E-state index contributed by atoms with van der Waals surface area (Å²) in [6.45, 7) is 0. The van der Waals surface area contributed by atoms with Crippen LogP contribution >= 0.6 is 11.6 Å². The molecule has 0 spiro atoms. The number of hydrogen-bond acceptors (Lipinski definition) is 3. The molecule has 82 valence electrons. The van der Waals surface area contributed by atoms with Crippen molar-refractivity contribution in [2.24, 2.45) is 5.11 Å². The number of halogens is 1. The Labute approximate surface area is 101 Å². The van der Waals surface area contributed by atoms with Crippen molar-refractivity contribution >= 4 is 17.5 Å². The predicted octanol–water partition coefficient (Wildman–Crippen LogP) is 3.34. The topological polar surface area (TPSA) is 90.4 Å². The molecular formula is C10H5ClN6. The van der Waals surface area contributed by atoms with Gasteiger partial charge in [-0.15, -0.1) is 0 Å². The van der Waals surface area contributed by atoms with Gasteiger partial charge in [-0.25, -0.2) is 4.98 Å². The fraction of sp³-hybridized carbons (Fsp3) is 0. The minimum Gasteiger partial charge on any atom is -0.281 e. The molecule has 0 aliphatic rings. The number of rotatable bonds is 2. The minimum absolute atomic E-state index is 0.0127.